The molecule has 1 rings (SSSR count). The highest BCUT2D eigenvalue weighted by atomic mass is 19.3. The average Bonchev–Trinajstić information content (AvgIpc) is 2.06. The van der Waals surface area contributed by atoms with Crippen LogP contribution in [0.15, 0.2) is 24.3 Å². The van der Waals surface area contributed by atoms with Crippen molar-refractivity contribution >= 4 is 5.97 Å². The maximum Gasteiger partial charge on any atom is 0.309 e. The van der Waals surface area contributed by atoms with E-state index in [0.717, 1.165) is 5.56 Å². The Kier molecular flexibility index (Phi) is 3.39. The first-order valence-corrected chi connectivity index (χ1v) is 4.55. The molecule has 0 atom stereocenters. The van der Waals surface area contributed by atoms with E-state index in [4.69, 9.17) is 5.11 Å². The van der Waals surface area contributed by atoms with Crippen LogP contribution < -0.4 is 0 Å². The summed E-state index contributed by atoms with van der Waals surface area (Å²) in [7, 11) is 0. The van der Waals surface area contributed by atoms with Crippen molar-refractivity contribution in [2.45, 2.75) is 25.7 Å². The molecule has 0 amide bonds. The SMILES string of the molecule is Cc1ccccc1CC(F)(F)CC(=O)O. The van der Waals surface area contributed by atoms with Crippen LogP contribution in [-0.2, 0) is 11.2 Å². The van der Waals surface area contributed by atoms with E-state index in [0.29, 0.717) is 5.56 Å². The minimum Gasteiger partial charge on any atom is -0.481 e. The van der Waals surface area contributed by atoms with Gasteiger partial charge in [0.15, 0.2) is 0 Å². The third kappa shape index (κ3) is 3.65. The highest BCUT2D eigenvalue weighted by Gasteiger charge is 2.32. The zero-order chi connectivity index (χ0) is 11.5. The number of halogens is 2. The van der Waals surface area contributed by atoms with Gasteiger partial charge in [-0.15, -0.1) is 0 Å². The van der Waals surface area contributed by atoms with Crippen molar-refractivity contribution in [1.82, 2.24) is 0 Å². The highest BCUT2D eigenvalue weighted by molar-refractivity contribution is 5.67. The Hall–Kier alpha value is -1.45. The second kappa shape index (κ2) is 4.38. The maximum absolute atomic E-state index is 13.2. The van der Waals surface area contributed by atoms with Crippen molar-refractivity contribution in [1.29, 1.82) is 0 Å². The van der Waals surface area contributed by atoms with E-state index in [1.54, 1.807) is 31.2 Å². The lowest BCUT2D eigenvalue weighted by molar-refractivity contribution is -0.144. The number of hydrogen-bond donors (Lipinski definition) is 1. The fourth-order valence-corrected chi connectivity index (χ4v) is 1.37. The zero-order valence-electron chi connectivity index (χ0n) is 8.34. The molecular formula is C11H12F2O2. The van der Waals surface area contributed by atoms with Gasteiger partial charge in [-0.25, -0.2) is 8.78 Å². The first-order valence-electron chi connectivity index (χ1n) is 4.55. The predicted molar refractivity (Wildman–Crippen MR) is 52.1 cm³/mol. The molecule has 2 nitrogen and oxygen atoms in total. The van der Waals surface area contributed by atoms with Gasteiger partial charge in [0.1, 0.15) is 6.42 Å². The fraction of sp³-hybridized carbons (Fsp3) is 0.364. The van der Waals surface area contributed by atoms with E-state index in [1.807, 2.05) is 0 Å². The number of carboxylic acid groups (broad SMARTS) is 1. The van der Waals surface area contributed by atoms with Gasteiger partial charge in [0.05, 0.1) is 0 Å². The molecule has 1 aromatic rings. The Morgan fingerprint density at radius 3 is 2.53 bits per heavy atom. The van der Waals surface area contributed by atoms with Crippen LogP contribution in [-0.4, -0.2) is 17.0 Å². The summed E-state index contributed by atoms with van der Waals surface area (Å²) in [5.74, 6) is -4.66. The normalized spacial score (nSPS) is 11.4. The summed E-state index contributed by atoms with van der Waals surface area (Å²) >= 11 is 0. The quantitative estimate of drug-likeness (QED) is 0.836. The third-order valence-electron chi connectivity index (χ3n) is 2.12. The Morgan fingerprint density at radius 1 is 1.40 bits per heavy atom. The van der Waals surface area contributed by atoms with Crippen LogP contribution in [0, 0.1) is 6.92 Å². The van der Waals surface area contributed by atoms with E-state index >= 15 is 0 Å². The Bertz CT molecular complexity index is 361. The molecule has 0 aromatic heterocycles. The standard InChI is InChI=1S/C11H12F2O2/c1-8-4-2-3-5-9(8)6-11(12,13)7-10(14)15/h2-5H,6-7H2,1H3,(H,14,15). The van der Waals surface area contributed by atoms with Gasteiger partial charge in [-0.3, -0.25) is 4.79 Å². The van der Waals surface area contributed by atoms with Crippen LogP contribution in [0.1, 0.15) is 17.5 Å². The molecule has 0 bridgehead atoms. The third-order valence-corrected chi connectivity index (χ3v) is 2.12. The smallest absolute Gasteiger partial charge is 0.309 e. The van der Waals surface area contributed by atoms with E-state index in [9.17, 15) is 13.6 Å². The molecule has 0 aliphatic carbocycles. The van der Waals surface area contributed by atoms with Crippen LogP contribution in [0.5, 0.6) is 0 Å². The summed E-state index contributed by atoms with van der Waals surface area (Å²) in [4.78, 5) is 10.2. The largest absolute Gasteiger partial charge is 0.481 e. The summed E-state index contributed by atoms with van der Waals surface area (Å²) in [6.45, 7) is 1.73. The number of rotatable bonds is 4. The van der Waals surface area contributed by atoms with E-state index in [2.05, 4.69) is 0 Å². The molecule has 0 spiro atoms. The zero-order valence-corrected chi connectivity index (χ0v) is 8.34. The van der Waals surface area contributed by atoms with Gasteiger partial charge in [0, 0.05) is 6.42 Å². The summed E-state index contributed by atoms with van der Waals surface area (Å²) < 4.78 is 26.3. The number of benzene rings is 1. The lowest BCUT2D eigenvalue weighted by atomic mass is 10.0. The van der Waals surface area contributed by atoms with Crippen molar-refractivity contribution in [3.05, 3.63) is 35.4 Å². The molecule has 0 aliphatic heterocycles. The molecular weight excluding hydrogens is 202 g/mol. The molecule has 1 aromatic carbocycles. The summed E-state index contributed by atoms with van der Waals surface area (Å²) in [6, 6.07) is 6.74. The molecule has 15 heavy (non-hydrogen) atoms. The summed E-state index contributed by atoms with van der Waals surface area (Å²) in [6.07, 6.45) is -1.65. The van der Waals surface area contributed by atoms with Gasteiger partial charge < -0.3 is 5.11 Å². The van der Waals surface area contributed by atoms with Gasteiger partial charge in [-0.05, 0) is 18.1 Å². The lowest BCUT2D eigenvalue weighted by Crippen LogP contribution is -2.24. The number of carboxylic acids is 1. The van der Waals surface area contributed by atoms with Crippen LogP contribution in [0.25, 0.3) is 0 Å². The second-order valence-corrected chi connectivity index (χ2v) is 3.53. The predicted octanol–water partition coefficient (Wildman–Crippen LogP) is 2.65. The monoisotopic (exact) mass is 214 g/mol. The lowest BCUT2D eigenvalue weighted by Gasteiger charge is -2.15. The van der Waals surface area contributed by atoms with Gasteiger partial charge in [0.25, 0.3) is 5.92 Å². The molecule has 0 fully saturated rings. The van der Waals surface area contributed by atoms with Crippen molar-refractivity contribution in [2.75, 3.05) is 0 Å². The van der Waals surface area contributed by atoms with Gasteiger partial charge >= 0.3 is 5.97 Å². The molecule has 4 heteroatoms. The first kappa shape index (κ1) is 11.6. The number of aryl methyl sites for hydroxylation is 1. The highest BCUT2D eigenvalue weighted by Crippen LogP contribution is 2.25. The summed E-state index contributed by atoms with van der Waals surface area (Å²) in [5, 5.41) is 8.32. The average molecular weight is 214 g/mol. The minimum absolute atomic E-state index is 0.490. The second-order valence-electron chi connectivity index (χ2n) is 3.53. The maximum atomic E-state index is 13.2. The van der Waals surface area contributed by atoms with E-state index in [1.165, 1.54) is 0 Å². The molecule has 0 saturated heterocycles. The van der Waals surface area contributed by atoms with Crippen molar-refractivity contribution in [3.8, 4) is 0 Å². The number of aliphatic carboxylic acids is 1. The van der Waals surface area contributed by atoms with Gasteiger partial charge in [-0.2, -0.15) is 0 Å². The van der Waals surface area contributed by atoms with Crippen molar-refractivity contribution < 1.29 is 18.7 Å². The number of alkyl halides is 2. The van der Waals surface area contributed by atoms with Crippen LogP contribution >= 0.6 is 0 Å². The molecule has 1 N–H and O–H groups in total. The molecule has 0 saturated carbocycles. The van der Waals surface area contributed by atoms with E-state index < -0.39 is 24.7 Å². The van der Waals surface area contributed by atoms with Gasteiger partial charge in [-0.1, -0.05) is 24.3 Å². The molecule has 0 radical (unpaired) electrons. The minimum atomic E-state index is -3.18. The first-order chi connectivity index (χ1) is 6.91. The number of carbonyl (C=O) groups is 1. The van der Waals surface area contributed by atoms with Crippen molar-refractivity contribution in [2.24, 2.45) is 0 Å². The molecule has 0 unspecified atom stereocenters. The Balaban J connectivity index is 2.77. The Labute approximate surface area is 86.5 Å². The molecule has 0 aliphatic rings. The number of hydrogen-bond acceptors (Lipinski definition) is 1. The summed E-state index contributed by atoms with van der Waals surface area (Å²) in [5.41, 5.74) is 1.24. The Morgan fingerprint density at radius 2 is 2.00 bits per heavy atom. The van der Waals surface area contributed by atoms with Crippen LogP contribution in [0.4, 0.5) is 8.78 Å². The van der Waals surface area contributed by atoms with E-state index in [-0.39, 0.29) is 0 Å². The van der Waals surface area contributed by atoms with Crippen LogP contribution in [0.2, 0.25) is 0 Å². The molecule has 0 heterocycles. The van der Waals surface area contributed by atoms with Crippen LogP contribution in [0.3, 0.4) is 0 Å². The topological polar surface area (TPSA) is 37.3 Å². The fourth-order valence-electron chi connectivity index (χ4n) is 1.37. The van der Waals surface area contributed by atoms with Crippen molar-refractivity contribution in [3.63, 3.8) is 0 Å². The molecule has 82 valence electrons. The van der Waals surface area contributed by atoms with Gasteiger partial charge in [0.2, 0.25) is 0 Å².